The summed E-state index contributed by atoms with van der Waals surface area (Å²) in [5.41, 5.74) is 1.89. The van der Waals surface area contributed by atoms with Crippen LogP contribution in [0.15, 0.2) is 119 Å². The normalized spacial score (nSPS) is 15.4. The van der Waals surface area contributed by atoms with Gasteiger partial charge in [-0.25, -0.2) is 4.79 Å². The number of allylic oxidation sites excluding steroid dienone is 10. The predicted octanol–water partition coefficient (Wildman–Crippen LogP) is 7.78. The van der Waals surface area contributed by atoms with E-state index in [0.29, 0.717) is 16.8 Å². The van der Waals surface area contributed by atoms with E-state index >= 15 is 0 Å². The Morgan fingerprint density at radius 3 is 2.69 bits per heavy atom. The van der Waals surface area contributed by atoms with Gasteiger partial charge in [-0.3, -0.25) is 4.74 Å². The molecule has 1 aliphatic rings. The van der Waals surface area contributed by atoms with Crippen LogP contribution in [0.3, 0.4) is 0 Å². The number of nitrogens with zero attached hydrogens (tertiary/aromatic N) is 2. The maximum absolute atomic E-state index is 11.8. The minimum atomic E-state index is -2.46. The molecule has 5 heteroatoms. The average Bonchev–Trinajstić information content (AvgIpc) is 3.19. The monoisotopic (exact) mass is 480 g/mol. The fraction of sp³-hybridized carbons (Fsp3) is 0.133. The first-order valence-electron chi connectivity index (χ1n) is 11.4. The van der Waals surface area contributed by atoms with E-state index in [1.807, 2.05) is 43.3 Å². The number of nitriles is 1. The lowest BCUT2D eigenvalue weighted by Gasteiger charge is -2.28. The van der Waals surface area contributed by atoms with E-state index < -0.39 is 13.0 Å². The largest absolute Gasteiger partial charge is 0.466 e. The third kappa shape index (κ3) is 6.15. The van der Waals surface area contributed by atoms with Gasteiger partial charge in [-0.1, -0.05) is 78.9 Å². The number of benzene rings is 2. The molecule has 35 heavy (non-hydrogen) atoms. The van der Waals surface area contributed by atoms with Gasteiger partial charge in [0, 0.05) is 16.9 Å². The van der Waals surface area contributed by atoms with Gasteiger partial charge in [0.05, 0.1) is 31.5 Å². The van der Waals surface area contributed by atoms with Gasteiger partial charge in [-0.2, -0.15) is 5.26 Å². The Bertz CT molecular complexity index is 1350. The summed E-state index contributed by atoms with van der Waals surface area (Å²) >= 11 is 0. The first kappa shape index (κ1) is 25.7. The fourth-order valence-corrected chi connectivity index (χ4v) is 7.37. The van der Waals surface area contributed by atoms with E-state index in [1.54, 1.807) is 18.2 Å². The zero-order chi connectivity index (χ0) is 25.1. The van der Waals surface area contributed by atoms with Crippen LogP contribution >= 0.6 is 7.05 Å². The third-order valence-electron chi connectivity index (χ3n) is 5.54. The maximum Gasteiger partial charge on any atom is 0.330 e. The lowest BCUT2D eigenvalue weighted by Crippen LogP contribution is -2.07. The minimum absolute atomic E-state index is 0.466. The Kier molecular flexibility index (Phi) is 9.18. The lowest BCUT2D eigenvalue weighted by atomic mass is 10.1. The molecule has 1 aliphatic carbocycles. The van der Waals surface area contributed by atoms with Crippen molar-refractivity contribution in [1.29, 1.82) is 5.26 Å². The molecule has 0 heterocycles. The second-order valence-electron chi connectivity index (χ2n) is 7.80. The quantitative estimate of drug-likeness (QED) is 0.176. The lowest BCUT2D eigenvalue weighted by molar-refractivity contribution is -0.134. The summed E-state index contributed by atoms with van der Waals surface area (Å²) in [6, 6.07) is 17.9. The zero-order valence-corrected chi connectivity index (χ0v) is 21.2. The second kappa shape index (κ2) is 12.5. The smallest absolute Gasteiger partial charge is 0.330 e. The Hall–Kier alpha value is -3.93. The Balaban J connectivity index is 2.44. The summed E-state index contributed by atoms with van der Waals surface area (Å²) < 4.78 is 10.3. The molecule has 4 nitrogen and oxygen atoms in total. The van der Waals surface area contributed by atoms with Crippen molar-refractivity contribution in [2.75, 3.05) is 7.11 Å². The Morgan fingerprint density at radius 1 is 1.17 bits per heavy atom. The third-order valence-corrected chi connectivity index (χ3v) is 9.35. The van der Waals surface area contributed by atoms with Crippen LogP contribution in [0.2, 0.25) is 0 Å². The molecular weight excluding hydrogens is 451 g/mol. The SMILES string of the molecule is C/C=C\C=C(/C)P(=Nc1ccc(C#N)cc1/C=C/C(=O)OC)(C1=CCC=CC=C1)c1ccccc1. The molecule has 0 saturated heterocycles. The van der Waals surface area contributed by atoms with Crippen molar-refractivity contribution >= 4 is 30.1 Å². The van der Waals surface area contributed by atoms with Crippen molar-refractivity contribution in [2.45, 2.75) is 20.3 Å². The number of hydrogen-bond donors (Lipinski definition) is 0. The fourth-order valence-electron chi connectivity index (χ4n) is 3.78. The minimum Gasteiger partial charge on any atom is -0.466 e. The van der Waals surface area contributed by atoms with E-state index in [0.717, 1.165) is 22.4 Å². The van der Waals surface area contributed by atoms with Gasteiger partial charge in [-0.05, 0) is 55.2 Å². The maximum atomic E-state index is 11.8. The highest BCUT2D eigenvalue weighted by molar-refractivity contribution is 7.81. The zero-order valence-electron chi connectivity index (χ0n) is 20.3. The van der Waals surface area contributed by atoms with E-state index in [4.69, 9.17) is 9.48 Å². The predicted molar refractivity (Wildman–Crippen MR) is 147 cm³/mol. The molecule has 0 amide bonds. The van der Waals surface area contributed by atoms with Gasteiger partial charge < -0.3 is 4.74 Å². The topological polar surface area (TPSA) is 62.5 Å². The number of esters is 1. The Morgan fingerprint density at radius 2 is 1.97 bits per heavy atom. The van der Waals surface area contributed by atoms with Crippen molar-refractivity contribution < 1.29 is 9.53 Å². The van der Waals surface area contributed by atoms with Crippen LogP contribution in [0.1, 0.15) is 31.4 Å². The summed E-state index contributed by atoms with van der Waals surface area (Å²) in [5, 5.41) is 12.9. The van der Waals surface area contributed by atoms with Gasteiger partial charge in [0.25, 0.3) is 0 Å². The van der Waals surface area contributed by atoms with Crippen LogP contribution in [0, 0.1) is 11.3 Å². The summed E-state index contributed by atoms with van der Waals surface area (Å²) in [6.07, 6.45) is 20.6. The molecule has 0 saturated carbocycles. The van der Waals surface area contributed by atoms with Crippen LogP contribution in [0.25, 0.3) is 6.08 Å². The van der Waals surface area contributed by atoms with Crippen molar-refractivity contribution in [3.63, 3.8) is 0 Å². The highest BCUT2D eigenvalue weighted by atomic mass is 31.2. The number of carbonyl (C=O) groups excluding carboxylic acids is 1. The number of methoxy groups -OCH3 is 1. The number of ether oxygens (including phenoxy) is 1. The standard InChI is InChI=1S/C30H29N2O2P/c1-4-5-13-24(2)35(28-16-11-8-12-17-28,27-14-9-6-7-10-15-27)32-29-20-18-25(23-31)22-26(29)19-21-30(33)34-3/h4-9,11-22H,10H2,1-3H3/b5-4-,21-19+,24-13+. The van der Waals surface area contributed by atoms with Gasteiger partial charge in [0.1, 0.15) is 0 Å². The summed E-state index contributed by atoms with van der Waals surface area (Å²) in [6.45, 7) is 4.12. The molecular formula is C30H29N2O2P. The van der Waals surface area contributed by atoms with Crippen LogP contribution < -0.4 is 5.30 Å². The molecule has 176 valence electrons. The molecule has 0 aliphatic heterocycles. The first-order valence-corrected chi connectivity index (χ1v) is 13.1. The second-order valence-corrected chi connectivity index (χ2v) is 11.0. The first-order chi connectivity index (χ1) is 17.0. The van der Waals surface area contributed by atoms with Crippen molar-refractivity contribution in [3.8, 4) is 6.07 Å². The molecule has 0 bridgehead atoms. The Labute approximate surface area is 208 Å². The molecule has 0 spiro atoms. The van der Waals surface area contributed by atoms with Crippen LogP contribution in [-0.2, 0) is 9.53 Å². The molecule has 3 rings (SSSR count). The average molecular weight is 481 g/mol. The summed E-state index contributed by atoms with van der Waals surface area (Å²) in [5.74, 6) is -0.466. The van der Waals surface area contributed by atoms with Gasteiger partial charge in [0.15, 0.2) is 0 Å². The van der Waals surface area contributed by atoms with E-state index in [2.05, 4.69) is 61.6 Å². The molecule has 0 fully saturated rings. The van der Waals surface area contributed by atoms with Crippen molar-refractivity contribution in [2.24, 2.45) is 4.74 Å². The van der Waals surface area contributed by atoms with Crippen LogP contribution in [0.4, 0.5) is 5.69 Å². The van der Waals surface area contributed by atoms with E-state index in [9.17, 15) is 10.1 Å². The van der Waals surface area contributed by atoms with Crippen molar-refractivity contribution in [1.82, 2.24) is 0 Å². The van der Waals surface area contributed by atoms with Crippen molar-refractivity contribution in [3.05, 3.63) is 125 Å². The molecule has 1 unspecified atom stereocenters. The van der Waals surface area contributed by atoms with E-state index in [-0.39, 0.29) is 0 Å². The highest BCUT2D eigenvalue weighted by Gasteiger charge is 2.28. The number of rotatable bonds is 7. The van der Waals surface area contributed by atoms with E-state index in [1.165, 1.54) is 13.2 Å². The van der Waals surface area contributed by atoms with Gasteiger partial charge >= 0.3 is 5.97 Å². The summed E-state index contributed by atoms with van der Waals surface area (Å²) in [4.78, 5) is 11.8. The molecule has 0 radical (unpaired) electrons. The van der Waals surface area contributed by atoms with Crippen LogP contribution in [0.5, 0.6) is 0 Å². The molecule has 2 aromatic rings. The molecule has 0 aromatic heterocycles. The number of hydrogen-bond acceptors (Lipinski definition) is 4. The highest BCUT2D eigenvalue weighted by Crippen LogP contribution is 2.65. The van der Waals surface area contributed by atoms with Crippen LogP contribution in [-0.4, -0.2) is 13.1 Å². The molecule has 1 atom stereocenters. The van der Waals surface area contributed by atoms with Gasteiger partial charge in [-0.15, -0.1) is 0 Å². The summed E-state index contributed by atoms with van der Waals surface area (Å²) in [7, 11) is -1.13. The molecule has 2 aromatic carbocycles. The number of carbonyl (C=O) groups is 1. The molecule has 0 N–H and O–H groups in total. The van der Waals surface area contributed by atoms with Gasteiger partial charge in [0.2, 0.25) is 0 Å².